The van der Waals surface area contributed by atoms with E-state index in [1.165, 1.54) is 31.2 Å². The molecule has 0 radical (unpaired) electrons. The Hall–Kier alpha value is -1.24. The quantitative estimate of drug-likeness (QED) is 0.299. The topological polar surface area (TPSA) is 91.7 Å². The van der Waals surface area contributed by atoms with Gasteiger partial charge in [-0.05, 0) is 153 Å². The lowest BCUT2D eigenvalue weighted by Gasteiger charge is -2.64. The molecule has 5 aliphatic carbocycles. The van der Waals surface area contributed by atoms with Crippen LogP contribution >= 0.6 is 0 Å². The van der Waals surface area contributed by atoms with Gasteiger partial charge in [-0.15, -0.1) is 0 Å². The van der Waals surface area contributed by atoms with Crippen LogP contribution in [0.5, 0.6) is 0 Å². The maximum Gasteiger partial charge on any atom is 0.185 e. The van der Waals surface area contributed by atoms with E-state index >= 15 is 0 Å². The first-order chi connectivity index (χ1) is 20.9. The first-order valence-corrected chi connectivity index (χ1v) is 19.8. The number of hydrogen-bond donors (Lipinski definition) is 2. The Morgan fingerprint density at radius 2 is 1.66 bits per heavy atom. The summed E-state index contributed by atoms with van der Waals surface area (Å²) >= 11 is 0. The van der Waals surface area contributed by atoms with E-state index in [9.17, 15) is 23.4 Å². The van der Waals surface area contributed by atoms with Crippen molar-refractivity contribution >= 4 is 15.6 Å². The van der Waals surface area contributed by atoms with E-state index in [1.807, 2.05) is 12.1 Å². The van der Waals surface area contributed by atoms with Gasteiger partial charge in [0.1, 0.15) is 11.5 Å². The van der Waals surface area contributed by atoms with Crippen LogP contribution in [0.25, 0.3) is 0 Å². The lowest BCUT2D eigenvalue weighted by atomic mass is 9.41. The summed E-state index contributed by atoms with van der Waals surface area (Å²) in [5.74, 6) is 2.62. The molecule has 4 saturated carbocycles. The summed E-state index contributed by atoms with van der Waals surface area (Å²) in [7, 11) is -3.61. The number of aryl methyl sites for hydroxylation is 2. The summed E-state index contributed by atoms with van der Waals surface area (Å²) in [5, 5.41) is 22.5. The fourth-order valence-electron chi connectivity index (χ4n) is 12.0. The van der Waals surface area contributed by atoms with E-state index in [-0.39, 0.29) is 40.5 Å². The summed E-state index contributed by atoms with van der Waals surface area (Å²) in [4.78, 5) is 13.2. The highest BCUT2D eigenvalue weighted by molar-refractivity contribution is 7.92. The number of benzene rings is 1. The monoisotopic (exact) mass is 626 g/mol. The number of fused-ring (bicyclic) bond motifs is 6. The zero-order valence-electron chi connectivity index (χ0n) is 27.8. The molecule has 0 heterocycles. The van der Waals surface area contributed by atoms with Crippen LogP contribution in [0.4, 0.5) is 0 Å². The number of carbonyl (C=O) groups is 1. The minimum atomic E-state index is -3.61. The molecule has 5 aliphatic rings. The summed E-state index contributed by atoms with van der Waals surface area (Å²) in [6, 6.07) is 5.46. The average Bonchev–Trinajstić information content (AvgIpc) is 3.35. The number of aliphatic hydroxyl groups is 2. The molecule has 2 N–H and O–H groups in total. The Kier molecular flexibility index (Phi) is 9.22. The van der Waals surface area contributed by atoms with Crippen LogP contribution in [-0.4, -0.2) is 42.4 Å². The third kappa shape index (κ3) is 5.65. The third-order valence-electron chi connectivity index (χ3n) is 14.3. The van der Waals surface area contributed by atoms with Gasteiger partial charge in [-0.3, -0.25) is 4.79 Å². The van der Waals surface area contributed by atoms with Crippen molar-refractivity contribution in [3.8, 4) is 0 Å². The molecule has 11 atom stereocenters. The highest BCUT2D eigenvalue weighted by Crippen LogP contribution is 2.69. The second-order valence-electron chi connectivity index (χ2n) is 16.4. The lowest BCUT2D eigenvalue weighted by molar-refractivity contribution is -0.203. The molecule has 1 aromatic rings. The maximum absolute atomic E-state index is 13.1. The summed E-state index contributed by atoms with van der Waals surface area (Å²) in [5.41, 5.74) is 2.81. The molecule has 0 spiro atoms. The van der Waals surface area contributed by atoms with E-state index in [0.717, 1.165) is 69.8 Å². The standard InChI is InChI=1S/C38H58O5S/c1-5-30-34-22-27(39)17-19-38(34,4)33-18-20-37(3)31(15-16-32(37)35(33)36(30)41)24(2)9-8-12-28(40)23-44(42,43)29-14-13-25-10-6-7-11-26(25)21-29/h13-14,21,24,27,30-36,39,41H,5-12,15-20,22-23H2,1-4H3/t24-,27-,30-,31-,32+,33+,34+,35+,36-,37-,38-/m1/s1. The van der Waals surface area contributed by atoms with Crippen LogP contribution < -0.4 is 0 Å². The Bertz CT molecular complexity index is 1320. The molecular weight excluding hydrogens is 568 g/mol. The van der Waals surface area contributed by atoms with Crippen molar-refractivity contribution in [3.05, 3.63) is 29.3 Å². The zero-order chi connectivity index (χ0) is 31.4. The van der Waals surface area contributed by atoms with Gasteiger partial charge in [-0.1, -0.05) is 46.6 Å². The molecule has 0 unspecified atom stereocenters. The van der Waals surface area contributed by atoms with Crippen LogP contribution in [0, 0.1) is 52.3 Å². The molecule has 6 heteroatoms. The van der Waals surface area contributed by atoms with Gasteiger partial charge in [0.25, 0.3) is 0 Å². The van der Waals surface area contributed by atoms with Crippen LogP contribution in [0.3, 0.4) is 0 Å². The van der Waals surface area contributed by atoms with E-state index in [1.54, 1.807) is 6.07 Å². The number of sulfone groups is 1. The normalized spacial score (nSPS) is 40.8. The second-order valence-corrected chi connectivity index (χ2v) is 18.4. The fraction of sp³-hybridized carbons (Fsp3) is 0.816. The fourth-order valence-corrected chi connectivity index (χ4v) is 13.4. The lowest BCUT2D eigenvalue weighted by Crippen LogP contribution is -2.62. The summed E-state index contributed by atoms with van der Waals surface area (Å²) in [6.07, 6.45) is 14.3. The maximum atomic E-state index is 13.1. The van der Waals surface area contributed by atoms with Gasteiger partial charge < -0.3 is 10.2 Å². The molecule has 0 aliphatic heterocycles. The van der Waals surface area contributed by atoms with Gasteiger partial charge in [-0.2, -0.15) is 0 Å². The summed E-state index contributed by atoms with van der Waals surface area (Å²) in [6.45, 7) is 9.59. The molecule has 0 aromatic heterocycles. The number of ketones is 1. The van der Waals surface area contributed by atoms with Crippen molar-refractivity contribution in [1.29, 1.82) is 0 Å². The van der Waals surface area contributed by atoms with Gasteiger partial charge in [0.15, 0.2) is 9.84 Å². The van der Waals surface area contributed by atoms with Gasteiger partial charge in [0, 0.05) is 6.42 Å². The second kappa shape index (κ2) is 12.4. The van der Waals surface area contributed by atoms with Crippen LogP contribution in [0.15, 0.2) is 23.1 Å². The van der Waals surface area contributed by atoms with Crippen molar-refractivity contribution in [1.82, 2.24) is 0 Å². The van der Waals surface area contributed by atoms with Crippen molar-refractivity contribution < 1.29 is 23.4 Å². The van der Waals surface area contributed by atoms with E-state index < -0.39 is 9.84 Å². The van der Waals surface area contributed by atoms with Gasteiger partial charge in [0.2, 0.25) is 0 Å². The summed E-state index contributed by atoms with van der Waals surface area (Å²) < 4.78 is 26.2. The number of carbonyl (C=O) groups excluding carboxylic acids is 1. The van der Waals surface area contributed by atoms with E-state index in [0.29, 0.717) is 46.8 Å². The van der Waals surface area contributed by atoms with Gasteiger partial charge in [-0.25, -0.2) is 8.42 Å². The predicted octanol–water partition coefficient (Wildman–Crippen LogP) is 7.34. The first kappa shape index (κ1) is 32.7. The highest BCUT2D eigenvalue weighted by Gasteiger charge is 2.64. The Balaban J connectivity index is 1.07. The molecule has 5 nitrogen and oxygen atoms in total. The number of aliphatic hydroxyl groups excluding tert-OH is 2. The van der Waals surface area contributed by atoms with Crippen LogP contribution in [0.2, 0.25) is 0 Å². The van der Waals surface area contributed by atoms with Gasteiger partial charge in [0.05, 0.1) is 17.1 Å². The largest absolute Gasteiger partial charge is 0.393 e. The van der Waals surface area contributed by atoms with Crippen LogP contribution in [0.1, 0.15) is 122 Å². The molecule has 0 amide bonds. The van der Waals surface area contributed by atoms with Crippen molar-refractivity contribution in [2.24, 2.45) is 52.3 Å². The van der Waals surface area contributed by atoms with Crippen molar-refractivity contribution in [2.45, 2.75) is 141 Å². The molecule has 6 rings (SSSR count). The zero-order valence-corrected chi connectivity index (χ0v) is 28.6. The average molecular weight is 627 g/mol. The molecule has 0 saturated heterocycles. The minimum absolute atomic E-state index is 0.165. The minimum Gasteiger partial charge on any atom is -0.393 e. The smallest absolute Gasteiger partial charge is 0.185 e. The number of Topliss-reactive ketones (excluding diaryl/α,β-unsaturated/α-hetero) is 1. The Morgan fingerprint density at radius 3 is 2.41 bits per heavy atom. The Labute approximate surface area is 266 Å². The molecule has 44 heavy (non-hydrogen) atoms. The highest BCUT2D eigenvalue weighted by atomic mass is 32.2. The van der Waals surface area contributed by atoms with E-state index in [2.05, 4.69) is 27.7 Å². The van der Waals surface area contributed by atoms with Crippen LogP contribution in [-0.2, 0) is 27.5 Å². The number of hydrogen-bond acceptors (Lipinski definition) is 5. The van der Waals surface area contributed by atoms with Crippen molar-refractivity contribution in [2.75, 3.05) is 5.75 Å². The third-order valence-corrected chi connectivity index (χ3v) is 16.0. The molecule has 1 aromatic carbocycles. The molecule has 4 fully saturated rings. The molecule has 246 valence electrons. The molecular formula is C38H58O5S. The Morgan fingerprint density at radius 1 is 0.955 bits per heavy atom. The van der Waals surface area contributed by atoms with Crippen molar-refractivity contribution in [3.63, 3.8) is 0 Å². The predicted molar refractivity (Wildman–Crippen MR) is 175 cm³/mol. The van der Waals surface area contributed by atoms with Gasteiger partial charge >= 0.3 is 0 Å². The number of rotatable bonds is 9. The van der Waals surface area contributed by atoms with E-state index in [4.69, 9.17) is 0 Å². The first-order valence-electron chi connectivity index (χ1n) is 18.1. The SMILES string of the molecule is CC[C@H]1[C@@H](O)[C@@H]2[C@H](CC[C@]3(C)[C@@H]([C@H](C)CCCC(=O)CS(=O)(=O)c4ccc5c(c4)CCCC5)CC[C@@H]23)[C@@]2(C)CC[C@@H](O)C[C@@H]12. The molecule has 0 bridgehead atoms.